The standard InChI is InChI=1S/C20H16BrF2N3O3S/c21-17-16(25-19(26-17)30-20(22,23)18(29)24-9-15(27)28)14-8-7-11(10-5-6-10)12-3-1-2-4-13(12)14/h1-4,7-8,10H,5-6,9H2,(H,24,29)(H,25,26)(H,27,28). The number of nitrogens with one attached hydrogen (secondary N) is 2. The number of alkyl halides is 2. The van der Waals surface area contributed by atoms with Gasteiger partial charge in [0.15, 0.2) is 5.16 Å². The third-order valence-corrected chi connectivity index (χ3v) is 6.16. The predicted molar refractivity (Wildman–Crippen MR) is 113 cm³/mol. The number of H-pyrrole nitrogens is 1. The molecule has 0 saturated heterocycles. The van der Waals surface area contributed by atoms with E-state index in [9.17, 15) is 18.4 Å². The number of fused-ring (bicyclic) bond motifs is 1. The molecule has 156 valence electrons. The van der Waals surface area contributed by atoms with E-state index in [1.807, 2.05) is 30.3 Å². The fraction of sp³-hybridized carbons (Fsp3) is 0.250. The van der Waals surface area contributed by atoms with Crippen molar-refractivity contribution in [2.75, 3.05) is 6.54 Å². The summed E-state index contributed by atoms with van der Waals surface area (Å²) < 4.78 is 28.8. The maximum Gasteiger partial charge on any atom is 0.377 e. The molecule has 1 aliphatic carbocycles. The van der Waals surface area contributed by atoms with Crippen LogP contribution in [0.3, 0.4) is 0 Å². The van der Waals surface area contributed by atoms with Crippen LogP contribution in [0.15, 0.2) is 46.2 Å². The van der Waals surface area contributed by atoms with Crippen LogP contribution in [0, 0.1) is 0 Å². The van der Waals surface area contributed by atoms with Crippen molar-refractivity contribution in [1.82, 2.24) is 15.3 Å². The molecule has 1 saturated carbocycles. The molecule has 0 spiro atoms. The highest BCUT2D eigenvalue weighted by atomic mass is 79.9. The zero-order valence-corrected chi connectivity index (χ0v) is 17.8. The number of aromatic amines is 1. The number of nitrogens with zero attached hydrogens (tertiary/aromatic N) is 1. The lowest BCUT2D eigenvalue weighted by Gasteiger charge is -2.12. The fourth-order valence-electron chi connectivity index (χ4n) is 3.26. The molecule has 1 heterocycles. The first kappa shape index (κ1) is 20.8. The van der Waals surface area contributed by atoms with E-state index in [4.69, 9.17) is 5.11 Å². The molecule has 0 radical (unpaired) electrons. The van der Waals surface area contributed by atoms with Gasteiger partial charge in [0.05, 0.1) is 0 Å². The van der Waals surface area contributed by atoms with Gasteiger partial charge in [-0.25, -0.2) is 4.98 Å². The average Bonchev–Trinajstić information content (AvgIpc) is 3.48. The zero-order chi connectivity index (χ0) is 21.5. The van der Waals surface area contributed by atoms with Gasteiger partial charge in [0.1, 0.15) is 16.8 Å². The van der Waals surface area contributed by atoms with Gasteiger partial charge >= 0.3 is 17.1 Å². The minimum Gasteiger partial charge on any atom is -0.480 e. The third-order valence-electron chi connectivity index (χ3n) is 4.76. The van der Waals surface area contributed by atoms with E-state index < -0.39 is 23.7 Å². The highest BCUT2D eigenvalue weighted by molar-refractivity contribution is 9.10. The highest BCUT2D eigenvalue weighted by Gasteiger charge is 2.41. The summed E-state index contributed by atoms with van der Waals surface area (Å²) >= 11 is 3.26. The summed E-state index contributed by atoms with van der Waals surface area (Å²) in [5, 5.41) is 8.25. The SMILES string of the molecule is O=C(O)CNC(=O)C(F)(F)Sc1nc(-c2ccc(C3CC3)c3ccccc23)c(Br)[nH]1. The first-order valence-electron chi connectivity index (χ1n) is 9.10. The zero-order valence-electron chi connectivity index (χ0n) is 15.4. The second kappa shape index (κ2) is 7.99. The monoisotopic (exact) mass is 495 g/mol. The fourth-order valence-corrected chi connectivity index (χ4v) is 4.58. The first-order valence-corrected chi connectivity index (χ1v) is 10.7. The van der Waals surface area contributed by atoms with Gasteiger partial charge in [-0.05, 0) is 62.8 Å². The van der Waals surface area contributed by atoms with Crippen LogP contribution in [0.4, 0.5) is 8.78 Å². The van der Waals surface area contributed by atoms with Crippen molar-refractivity contribution in [2.24, 2.45) is 0 Å². The minimum absolute atomic E-state index is 0.0762. The molecule has 1 aromatic heterocycles. The number of imidazole rings is 1. The normalized spacial score (nSPS) is 14.1. The van der Waals surface area contributed by atoms with Gasteiger partial charge in [-0.2, -0.15) is 8.78 Å². The summed E-state index contributed by atoms with van der Waals surface area (Å²) in [6.07, 6.45) is 2.32. The van der Waals surface area contributed by atoms with Gasteiger partial charge in [-0.3, -0.25) is 9.59 Å². The van der Waals surface area contributed by atoms with Crippen LogP contribution < -0.4 is 5.32 Å². The molecular formula is C20H16BrF2N3O3S. The summed E-state index contributed by atoms with van der Waals surface area (Å²) in [4.78, 5) is 29.1. The van der Waals surface area contributed by atoms with Crippen molar-refractivity contribution < 1.29 is 23.5 Å². The molecule has 2 aromatic carbocycles. The Bertz CT molecular complexity index is 1150. The number of aliphatic carboxylic acids is 1. The van der Waals surface area contributed by atoms with E-state index in [1.54, 1.807) is 5.32 Å². The molecule has 30 heavy (non-hydrogen) atoms. The van der Waals surface area contributed by atoms with Gasteiger partial charge in [0.2, 0.25) is 0 Å². The van der Waals surface area contributed by atoms with E-state index in [0.29, 0.717) is 16.2 Å². The van der Waals surface area contributed by atoms with Crippen molar-refractivity contribution in [3.05, 3.63) is 46.6 Å². The molecule has 0 unspecified atom stereocenters. The molecule has 0 bridgehead atoms. The molecule has 10 heteroatoms. The Morgan fingerprint density at radius 3 is 2.60 bits per heavy atom. The number of carbonyl (C=O) groups excluding carboxylic acids is 1. The Morgan fingerprint density at radius 2 is 1.93 bits per heavy atom. The number of carbonyl (C=O) groups is 2. The minimum atomic E-state index is -3.89. The van der Waals surface area contributed by atoms with Crippen molar-refractivity contribution in [1.29, 1.82) is 0 Å². The number of rotatable bonds is 7. The van der Waals surface area contributed by atoms with Crippen molar-refractivity contribution in [3.8, 4) is 11.3 Å². The molecular weight excluding hydrogens is 480 g/mol. The van der Waals surface area contributed by atoms with Crippen molar-refractivity contribution >= 4 is 50.3 Å². The lowest BCUT2D eigenvalue weighted by Crippen LogP contribution is -2.40. The van der Waals surface area contributed by atoms with Crippen molar-refractivity contribution in [2.45, 2.75) is 29.2 Å². The van der Waals surface area contributed by atoms with Crippen LogP contribution in [-0.4, -0.2) is 38.8 Å². The Morgan fingerprint density at radius 1 is 1.23 bits per heavy atom. The summed E-state index contributed by atoms with van der Waals surface area (Å²) in [5.74, 6) is -2.54. The van der Waals surface area contributed by atoms with Crippen LogP contribution in [-0.2, 0) is 9.59 Å². The van der Waals surface area contributed by atoms with E-state index >= 15 is 0 Å². The number of amides is 1. The summed E-state index contributed by atoms with van der Waals surface area (Å²) in [5.41, 5.74) is 2.51. The predicted octanol–water partition coefficient (Wildman–Crippen LogP) is 4.76. The molecule has 3 aromatic rings. The van der Waals surface area contributed by atoms with Crippen LogP contribution in [0.1, 0.15) is 24.3 Å². The quantitative estimate of drug-likeness (QED) is 0.411. The van der Waals surface area contributed by atoms with Gasteiger partial charge in [0.25, 0.3) is 0 Å². The number of halogens is 3. The molecule has 0 atom stereocenters. The van der Waals surface area contributed by atoms with Gasteiger partial charge < -0.3 is 15.4 Å². The number of carboxylic acid groups (broad SMARTS) is 1. The van der Waals surface area contributed by atoms with Crippen LogP contribution in [0.2, 0.25) is 0 Å². The maximum absolute atomic E-state index is 14.2. The number of aromatic nitrogens is 2. The highest BCUT2D eigenvalue weighted by Crippen LogP contribution is 2.45. The van der Waals surface area contributed by atoms with Crippen LogP contribution >= 0.6 is 27.7 Å². The molecule has 1 amide bonds. The number of carboxylic acids is 1. The van der Waals surface area contributed by atoms with Crippen LogP contribution in [0.25, 0.3) is 22.0 Å². The second-order valence-corrected chi connectivity index (χ2v) is 8.82. The third kappa shape index (κ3) is 4.20. The first-order chi connectivity index (χ1) is 14.3. The lowest BCUT2D eigenvalue weighted by atomic mass is 9.96. The van der Waals surface area contributed by atoms with E-state index in [-0.39, 0.29) is 16.9 Å². The number of hydrogen-bond acceptors (Lipinski definition) is 4. The molecule has 1 fully saturated rings. The lowest BCUT2D eigenvalue weighted by molar-refractivity contribution is -0.141. The summed E-state index contributed by atoms with van der Waals surface area (Å²) in [6, 6.07) is 11.9. The molecule has 3 N–H and O–H groups in total. The Kier molecular flexibility index (Phi) is 5.54. The summed E-state index contributed by atoms with van der Waals surface area (Å²) in [7, 11) is 0. The van der Waals surface area contributed by atoms with Crippen molar-refractivity contribution in [3.63, 3.8) is 0 Å². The number of hydrogen-bond donors (Lipinski definition) is 3. The van der Waals surface area contributed by atoms with Gasteiger partial charge in [-0.1, -0.05) is 36.4 Å². The molecule has 4 rings (SSSR count). The largest absolute Gasteiger partial charge is 0.480 e. The Labute approximate surface area is 182 Å². The van der Waals surface area contributed by atoms with Gasteiger partial charge in [-0.15, -0.1) is 0 Å². The van der Waals surface area contributed by atoms with E-state index in [1.165, 1.54) is 5.56 Å². The summed E-state index contributed by atoms with van der Waals surface area (Å²) in [6.45, 7) is -0.887. The molecule has 0 aliphatic heterocycles. The molecule has 1 aliphatic rings. The second-order valence-electron chi connectivity index (χ2n) is 6.92. The smallest absolute Gasteiger partial charge is 0.377 e. The number of thioether (sulfide) groups is 1. The van der Waals surface area contributed by atoms with E-state index in [2.05, 4.69) is 32.0 Å². The molecule has 6 nitrogen and oxygen atoms in total. The Balaban J connectivity index is 1.64. The van der Waals surface area contributed by atoms with Crippen LogP contribution in [0.5, 0.6) is 0 Å². The average molecular weight is 496 g/mol. The topological polar surface area (TPSA) is 95.1 Å². The Hall–Kier alpha value is -2.46. The maximum atomic E-state index is 14.2. The number of benzene rings is 2. The van der Waals surface area contributed by atoms with E-state index in [0.717, 1.165) is 29.2 Å². The van der Waals surface area contributed by atoms with Gasteiger partial charge in [0, 0.05) is 5.56 Å².